The third kappa shape index (κ3) is 4.58. The van der Waals surface area contributed by atoms with Crippen LogP contribution in [0.5, 0.6) is 0 Å². The molecule has 0 aliphatic rings. The van der Waals surface area contributed by atoms with Crippen LogP contribution in [0.2, 0.25) is 0 Å². The Bertz CT molecular complexity index is 362. The SMILES string of the molecule is CCN(Cc1ccco1)C(=O)NCCC(=O)O. The maximum Gasteiger partial charge on any atom is 0.317 e. The van der Waals surface area contributed by atoms with E-state index in [0.29, 0.717) is 18.8 Å². The van der Waals surface area contributed by atoms with Gasteiger partial charge in [0.05, 0.1) is 19.2 Å². The molecule has 0 aromatic carbocycles. The van der Waals surface area contributed by atoms with E-state index in [1.54, 1.807) is 23.3 Å². The van der Waals surface area contributed by atoms with E-state index in [-0.39, 0.29) is 19.0 Å². The highest BCUT2D eigenvalue weighted by molar-refractivity contribution is 5.75. The summed E-state index contributed by atoms with van der Waals surface area (Å²) in [6.07, 6.45) is 1.47. The monoisotopic (exact) mass is 240 g/mol. The smallest absolute Gasteiger partial charge is 0.317 e. The number of urea groups is 1. The lowest BCUT2D eigenvalue weighted by atomic mass is 10.4. The average Bonchev–Trinajstić information content (AvgIpc) is 2.77. The molecule has 0 aliphatic heterocycles. The summed E-state index contributed by atoms with van der Waals surface area (Å²) in [5, 5.41) is 11.0. The number of hydrogen-bond donors (Lipinski definition) is 2. The van der Waals surface area contributed by atoms with E-state index in [0.717, 1.165) is 0 Å². The van der Waals surface area contributed by atoms with E-state index in [9.17, 15) is 9.59 Å². The van der Waals surface area contributed by atoms with Gasteiger partial charge in [-0.05, 0) is 19.1 Å². The number of carbonyl (C=O) groups excluding carboxylic acids is 1. The van der Waals surface area contributed by atoms with Crippen LogP contribution in [0.25, 0.3) is 0 Å². The molecule has 1 heterocycles. The minimum absolute atomic E-state index is 0.0793. The van der Waals surface area contributed by atoms with Crippen molar-refractivity contribution < 1.29 is 19.1 Å². The van der Waals surface area contributed by atoms with Crippen molar-refractivity contribution in [3.05, 3.63) is 24.2 Å². The third-order valence-electron chi connectivity index (χ3n) is 2.21. The molecular formula is C11H16N2O4. The molecular weight excluding hydrogens is 224 g/mol. The van der Waals surface area contributed by atoms with Gasteiger partial charge in [0.1, 0.15) is 5.76 Å². The molecule has 0 unspecified atom stereocenters. The average molecular weight is 240 g/mol. The predicted molar refractivity (Wildman–Crippen MR) is 60.4 cm³/mol. The van der Waals surface area contributed by atoms with Crippen molar-refractivity contribution in [3.8, 4) is 0 Å². The van der Waals surface area contributed by atoms with Crippen molar-refractivity contribution in [3.63, 3.8) is 0 Å². The van der Waals surface area contributed by atoms with E-state index in [1.807, 2.05) is 6.92 Å². The molecule has 0 fully saturated rings. The fraction of sp³-hybridized carbons (Fsp3) is 0.455. The summed E-state index contributed by atoms with van der Waals surface area (Å²) >= 11 is 0. The van der Waals surface area contributed by atoms with Crippen LogP contribution < -0.4 is 5.32 Å². The van der Waals surface area contributed by atoms with Gasteiger partial charge in [0.2, 0.25) is 0 Å². The summed E-state index contributed by atoms with van der Waals surface area (Å²) in [5.41, 5.74) is 0. The highest BCUT2D eigenvalue weighted by atomic mass is 16.4. The van der Waals surface area contributed by atoms with E-state index in [1.165, 1.54) is 0 Å². The first-order valence-electron chi connectivity index (χ1n) is 5.40. The summed E-state index contributed by atoms with van der Waals surface area (Å²) in [6, 6.07) is 3.25. The summed E-state index contributed by atoms with van der Waals surface area (Å²) in [6.45, 7) is 2.88. The molecule has 0 bridgehead atoms. The Balaban J connectivity index is 2.38. The van der Waals surface area contributed by atoms with E-state index >= 15 is 0 Å². The zero-order chi connectivity index (χ0) is 12.7. The van der Waals surface area contributed by atoms with Crippen LogP contribution in [0.15, 0.2) is 22.8 Å². The van der Waals surface area contributed by atoms with Crippen LogP contribution in [0, 0.1) is 0 Å². The second-order valence-corrected chi connectivity index (χ2v) is 3.47. The maximum atomic E-state index is 11.7. The van der Waals surface area contributed by atoms with Crippen LogP contribution in [0.3, 0.4) is 0 Å². The van der Waals surface area contributed by atoms with Gasteiger partial charge in [-0.2, -0.15) is 0 Å². The summed E-state index contributed by atoms with van der Waals surface area (Å²) < 4.78 is 5.14. The van der Waals surface area contributed by atoms with Crippen molar-refractivity contribution in [2.24, 2.45) is 0 Å². The lowest BCUT2D eigenvalue weighted by molar-refractivity contribution is -0.136. The molecule has 1 aromatic heterocycles. The first-order chi connectivity index (χ1) is 8.13. The lowest BCUT2D eigenvalue weighted by Crippen LogP contribution is -2.40. The Morgan fingerprint density at radius 2 is 2.29 bits per heavy atom. The number of carboxylic acids is 1. The van der Waals surface area contributed by atoms with Crippen LogP contribution in [-0.2, 0) is 11.3 Å². The molecule has 2 amide bonds. The molecule has 17 heavy (non-hydrogen) atoms. The summed E-state index contributed by atoms with van der Waals surface area (Å²) in [5.74, 6) is -0.236. The number of carboxylic acid groups (broad SMARTS) is 1. The van der Waals surface area contributed by atoms with Gasteiger partial charge in [-0.1, -0.05) is 0 Å². The van der Waals surface area contributed by atoms with Crippen LogP contribution in [0.4, 0.5) is 4.79 Å². The maximum absolute atomic E-state index is 11.7. The van der Waals surface area contributed by atoms with Crippen LogP contribution in [0.1, 0.15) is 19.1 Å². The Hall–Kier alpha value is -1.98. The Morgan fingerprint density at radius 1 is 1.53 bits per heavy atom. The number of nitrogens with one attached hydrogen (secondary N) is 1. The fourth-order valence-electron chi connectivity index (χ4n) is 1.31. The third-order valence-corrected chi connectivity index (χ3v) is 2.21. The molecule has 1 aromatic rings. The number of amides is 2. The number of carbonyl (C=O) groups is 2. The largest absolute Gasteiger partial charge is 0.481 e. The van der Waals surface area contributed by atoms with Crippen LogP contribution >= 0.6 is 0 Å². The Morgan fingerprint density at radius 3 is 2.82 bits per heavy atom. The van der Waals surface area contributed by atoms with Gasteiger partial charge in [-0.15, -0.1) is 0 Å². The molecule has 0 saturated carbocycles. The van der Waals surface area contributed by atoms with Crippen molar-refractivity contribution in [1.29, 1.82) is 0 Å². The fourth-order valence-corrected chi connectivity index (χ4v) is 1.31. The van der Waals surface area contributed by atoms with Gasteiger partial charge in [-0.3, -0.25) is 4.79 Å². The number of aliphatic carboxylic acids is 1. The van der Waals surface area contributed by atoms with Gasteiger partial charge < -0.3 is 19.7 Å². The standard InChI is InChI=1S/C11H16N2O4/c1-2-13(8-9-4-3-7-17-9)11(16)12-6-5-10(14)15/h3-4,7H,2,5-6,8H2,1H3,(H,12,16)(H,14,15). The molecule has 0 radical (unpaired) electrons. The molecule has 0 atom stereocenters. The number of rotatable bonds is 6. The highest BCUT2D eigenvalue weighted by Crippen LogP contribution is 2.05. The molecule has 94 valence electrons. The normalized spacial score (nSPS) is 9.94. The van der Waals surface area contributed by atoms with Crippen molar-refractivity contribution in [2.75, 3.05) is 13.1 Å². The van der Waals surface area contributed by atoms with Gasteiger partial charge in [0, 0.05) is 13.1 Å². The second kappa shape index (κ2) is 6.57. The van der Waals surface area contributed by atoms with Gasteiger partial charge in [-0.25, -0.2) is 4.79 Å². The summed E-state index contributed by atoms with van der Waals surface area (Å²) in [4.78, 5) is 23.5. The van der Waals surface area contributed by atoms with Crippen molar-refractivity contribution in [1.82, 2.24) is 10.2 Å². The summed E-state index contributed by atoms with van der Waals surface area (Å²) in [7, 11) is 0. The highest BCUT2D eigenvalue weighted by Gasteiger charge is 2.12. The van der Waals surface area contributed by atoms with E-state index in [4.69, 9.17) is 9.52 Å². The zero-order valence-corrected chi connectivity index (χ0v) is 9.68. The Kier molecular flexibility index (Phi) is 5.06. The zero-order valence-electron chi connectivity index (χ0n) is 9.68. The molecule has 0 aliphatic carbocycles. The molecule has 0 saturated heterocycles. The van der Waals surface area contributed by atoms with E-state index in [2.05, 4.69) is 5.32 Å². The molecule has 6 nitrogen and oxygen atoms in total. The minimum atomic E-state index is -0.931. The molecule has 2 N–H and O–H groups in total. The number of hydrogen-bond acceptors (Lipinski definition) is 3. The van der Waals surface area contributed by atoms with Crippen molar-refractivity contribution >= 4 is 12.0 Å². The topological polar surface area (TPSA) is 82.8 Å². The Labute approximate surface area is 99.2 Å². The number of nitrogens with zero attached hydrogens (tertiary/aromatic N) is 1. The molecule has 0 spiro atoms. The van der Waals surface area contributed by atoms with Crippen molar-refractivity contribution in [2.45, 2.75) is 19.9 Å². The molecule has 6 heteroatoms. The van der Waals surface area contributed by atoms with Gasteiger partial charge in [0.15, 0.2) is 0 Å². The predicted octanol–water partition coefficient (Wildman–Crippen LogP) is 1.29. The first kappa shape index (κ1) is 13.1. The first-order valence-corrected chi connectivity index (χ1v) is 5.40. The molecule has 1 rings (SSSR count). The minimum Gasteiger partial charge on any atom is -0.481 e. The van der Waals surface area contributed by atoms with Gasteiger partial charge >= 0.3 is 12.0 Å². The van der Waals surface area contributed by atoms with Crippen LogP contribution in [-0.4, -0.2) is 35.1 Å². The second-order valence-electron chi connectivity index (χ2n) is 3.47. The lowest BCUT2D eigenvalue weighted by Gasteiger charge is -2.19. The van der Waals surface area contributed by atoms with Gasteiger partial charge in [0.25, 0.3) is 0 Å². The quantitative estimate of drug-likeness (QED) is 0.784. The number of furan rings is 1. The van der Waals surface area contributed by atoms with E-state index < -0.39 is 5.97 Å².